The second-order valence-corrected chi connectivity index (χ2v) is 5.54. The molecule has 0 amide bonds. The molecular formula is C14H21ClN2O. The molecule has 1 N–H and O–H groups in total. The minimum absolute atomic E-state index is 0.691. The van der Waals surface area contributed by atoms with Crippen molar-refractivity contribution < 1.29 is 4.74 Å². The molecule has 100 valence electrons. The van der Waals surface area contributed by atoms with Gasteiger partial charge in [0, 0.05) is 26.2 Å². The number of methoxy groups -OCH3 is 1. The van der Waals surface area contributed by atoms with Crippen LogP contribution in [0.5, 0.6) is 5.75 Å². The van der Waals surface area contributed by atoms with E-state index >= 15 is 0 Å². The van der Waals surface area contributed by atoms with Gasteiger partial charge in [-0.1, -0.05) is 11.6 Å². The summed E-state index contributed by atoms with van der Waals surface area (Å²) in [5, 5.41) is 3.99. The van der Waals surface area contributed by atoms with Crippen LogP contribution in [0.1, 0.15) is 11.1 Å². The molecule has 0 aromatic heterocycles. The molecule has 0 spiro atoms. The van der Waals surface area contributed by atoms with E-state index < -0.39 is 0 Å². The molecule has 1 heterocycles. The van der Waals surface area contributed by atoms with Crippen molar-refractivity contribution in [3.05, 3.63) is 28.3 Å². The fraction of sp³-hybridized carbons (Fsp3) is 0.571. The Balaban J connectivity index is 2.01. The van der Waals surface area contributed by atoms with Crippen molar-refractivity contribution in [1.82, 2.24) is 10.2 Å². The van der Waals surface area contributed by atoms with Gasteiger partial charge in [0.2, 0.25) is 0 Å². The highest BCUT2D eigenvalue weighted by Gasteiger charge is 2.18. The molecule has 1 aromatic rings. The van der Waals surface area contributed by atoms with Gasteiger partial charge in [0.05, 0.1) is 12.1 Å². The molecule has 2 rings (SSSR count). The zero-order valence-electron chi connectivity index (χ0n) is 11.3. The summed E-state index contributed by atoms with van der Waals surface area (Å²) in [5.41, 5.74) is 2.51. The first-order valence-corrected chi connectivity index (χ1v) is 6.70. The summed E-state index contributed by atoms with van der Waals surface area (Å²) in [6.07, 6.45) is 0. The van der Waals surface area contributed by atoms with Crippen molar-refractivity contribution in [2.24, 2.45) is 5.92 Å². The van der Waals surface area contributed by atoms with Crippen LogP contribution in [0.3, 0.4) is 0 Å². The molecular weight excluding hydrogens is 248 g/mol. The second-order valence-electron chi connectivity index (χ2n) is 5.13. The second kappa shape index (κ2) is 5.91. The molecule has 1 saturated heterocycles. The van der Waals surface area contributed by atoms with Gasteiger partial charge in [0.1, 0.15) is 5.75 Å². The molecule has 0 bridgehead atoms. The Hall–Kier alpha value is -0.770. The number of rotatable bonds is 5. The number of halogens is 1. The summed E-state index contributed by atoms with van der Waals surface area (Å²) in [7, 11) is 3.81. The molecule has 0 radical (unpaired) electrons. The first-order valence-electron chi connectivity index (χ1n) is 6.32. The zero-order chi connectivity index (χ0) is 13.1. The van der Waals surface area contributed by atoms with Gasteiger partial charge in [-0.25, -0.2) is 0 Å². The molecule has 18 heavy (non-hydrogen) atoms. The third kappa shape index (κ3) is 3.16. The quantitative estimate of drug-likeness (QED) is 0.887. The van der Waals surface area contributed by atoms with E-state index in [1.807, 2.05) is 12.1 Å². The maximum Gasteiger partial charge on any atom is 0.137 e. The molecule has 3 nitrogen and oxygen atoms in total. The van der Waals surface area contributed by atoms with Crippen LogP contribution in [0.25, 0.3) is 0 Å². The summed E-state index contributed by atoms with van der Waals surface area (Å²) in [5.74, 6) is 1.55. The highest BCUT2D eigenvalue weighted by molar-refractivity contribution is 6.32. The lowest BCUT2D eigenvalue weighted by Crippen LogP contribution is -2.47. The van der Waals surface area contributed by atoms with E-state index in [4.69, 9.17) is 16.3 Å². The van der Waals surface area contributed by atoms with Crippen LogP contribution in [-0.2, 0) is 6.54 Å². The van der Waals surface area contributed by atoms with Crippen LogP contribution in [0.4, 0.5) is 0 Å². The molecule has 0 unspecified atom stereocenters. The molecule has 1 aliphatic heterocycles. The summed E-state index contributed by atoms with van der Waals surface area (Å²) >= 11 is 6.18. The molecule has 0 atom stereocenters. The van der Waals surface area contributed by atoms with Crippen molar-refractivity contribution in [3.8, 4) is 5.75 Å². The average molecular weight is 269 g/mol. The van der Waals surface area contributed by atoms with Crippen LogP contribution in [-0.4, -0.2) is 38.7 Å². The molecule has 1 aromatic carbocycles. The van der Waals surface area contributed by atoms with E-state index in [9.17, 15) is 0 Å². The van der Waals surface area contributed by atoms with Crippen molar-refractivity contribution in [3.63, 3.8) is 0 Å². The number of nitrogens with one attached hydrogen (secondary N) is 1. The van der Waals surface area contributed by atoms with Gasteiger partial charge >= 0.3 is 0 Å². The van der Waals surface area contributed by atoms with Crippen molar-refractivity contribution in [2.45, 2.75) is 13.5 Å². The van der Waals surface area contributed by atoms with Crippen LogP contribution in [0, 0.1) is 12.8 Å². The number of ether oxygens (including phenoxy) is 1. The number of benzene rings is 1. The van der Waals surface area contributed by atoms with Gasteiger partial charge in [-0.15, -0.1) is 0 Å². The summed E-state index contributed by atoms with van der Waals surface area (Å²) < 4.78 is 5.22. The predicted molar refractivity (Wildman–Crippen MR) is 75.4 cm³/mol. The summed E-state index contributed by atoms with van der Waals surface area (Å²) in [6.45, 7) is 6.47. The van der Waals surface area contributed by atoms with Gasteiger partial charge in [0.15, 0.2) is 0 Å². The smallest absolute Gasteiger partial charge is 0.137 e. The summed E-state index contributed by atoms with van der Waals surface area (Å²) in [4.78, 5) is 2.36. The Morgan fingerprint density at radius 3 is 2.72 bits per heavy atom. The molecule has 0 aliphatic carbocycles. The number of hydrogen-bond donors (Lipinski definition) is 1. The Morgan fingerprint density at radius 1 is 1.44 bits per heavy atom. The zero-order valence-corrected chi connectivity index (χ0v) is 12.0. The normalized spacial score (nSPS) is 15.8. The minimum atomic E-state index is 0.691. The van der Waals surface area contributed by atoms with Crippen molar-refractivity contribution in [2.75, 3.05) is 33.8 Å². The van der Waals surface area contributed by atoms with Crippen LogP contribution in [0.2, 0.25) is 5.02 Å². The Bertz CT molecular complexity index is 419. The fourth-order valence-electron chi connectivity index (χ4n) is 2.30. The van der Waals surface area contributed by atoms with Crippen LogP contribution in [0.15, 0.2) is 12.1 Å². The molecule has 0 saturated carbocycles. The van der Waals surface area contributed by atoms with Crippen LogP contribution >= 0.6 is 11.6 Å². The SMILES string of the molecule is COc1cc(C)c(CN(C)CC2CNC2)cc1Cl. The maximum atomic E-state index is 6.18. The lowest BCUT2D eigenvalue weighted by atomic mass is 10.0. The average Bonchev–Trinajstić information content (AvgIpc) is 2.28. The highest BCUT2D eigenvalue weighted by Crippen LogP contribution is 2.28. The largest absolute Gasteiger partial charge is 0.495 e. The monoisotopic (exact) mass is 268 g/mol. The van der Waals surface area contributed by atoms with Gasteiger partial charge in [-0.05, 0) is 43.1 Å². The topological polar surface area (TPSA) is 24.5 Å². The number of hydrogen-bond acceptors (Lipinski definition) is 3. The van der Waals surface area contributed by atoms with Crippen molar-refractivity contribution >= 4 is 11.6 Å². The van der Waals surface area contributed by atoms with E-state index in [0.717, 1.165) is 37.8 Å². The van der Waals surface area contributed by atoms with Crippen LogP contribution < -0.4 is 10.1 Å². The summed E-state index contributed by atoms with van der Waals surface area (Å²) in [6, 6.07) is 4.03. The Morgan fingerprint density at radius 2 is 2.17 bits per heavy atom. The molecule has 4 heteroatoms. The van der Waals surface area contributed by atoms with Gasteiger partial charge in [-0.2, -0.15) is 0 Å². The first-order chi connectivity index (χ1) is 8.60. The number of nitrogens with zero attached hydrogens (tertiary/aromatic N) is 1. The standard InChI is InChI=1S/C14H21ClN2O/c1-10-4-14(18-3)13(15)5-12(10)9-17(2)8-11-6-16-7-11/h4-5,11,16H,6-9H2,1-3H3. The van der Waals surface area contributed by atoms with Gasteiger partial charge in [0.25, 0.3) is 0 Å². The van der Waals surface area contributed by atoms with E-state index in [0.29, 0.717) is 5.02 Å². The van der Waals surface area contributed by atoms with Crippen molar-refractivity contribution in [1.29, 1.82) is 0 Å². The highest BCUT2D eigenvalue weighted by atomic mass is 35.5. The lowest BCUT2D eigenvalue weighted by molar-refractivity contribution is 0.218. The van der Waals surface area contributed by atoms with E-state index in [1.165, 1.54) is 11.1 Å². The van der Waals surface area contributed by atoms with E-state index in [1.54, 1.807) is 7.11 Å². The number of aryl methyl sites for hydroxylation is 1. The molecule has 1 aliphatic rings. The molecule has 1 fully saturated rings. The fourth-order valence-corrected chi connectivity index (χ4v) is 2.56. The predicted octanol–water partition coefficient (Wildman–Crippen LogP) is 2.31. The van der Waals surface area contributed by atoms with E-state index in [-0.39, 0.29) is 0 Å². The minimum Gasteiger partial charge on any atom is -0.495 e. The third-order valence-corrected chi connectivity index (χ3v) is 3.78. The third-order valence-electron chi connectivity index (χ3n) is 3.49. The Labute approximate surface area is 114 Å². The van der Waals surface area contributed by atoms with Gasteiger partial charge in [-0.3, -0.25) is 0 Å². The van der Waals surface area contributed by atoms with Gasteiger partial charge < -0.3 is 15.0 Å². The lowest BCUT2D eigenvalue weighted by Gasteiger charge is -2.31. The first kappa shape index (κ1) is 13.7. The maximum absolute atomic E-state index is 6.18. The Kier molecular flexibility index (Phi) is 4.49. The van der Waals surface area contributed by atoms with E-state index in [2.05, 4.69) is 24.2 Å².